The Morgan fingerprint density at radius 2 is 2.29 bits per heavy atom. The Kier molecular flexibility index (Phi) is 5.21. The Morgan fingerprint density at radius 3 is 3.00 bits per heavy atom. The molecule has 0 spiro atoms. The van der Waals surface area contributed by atoms with E-state index >= 15 is 0 Å². The van der Waals surface area contributed by atoms with Gasteiger partial charge in [-0.05, 0) is 26.9 Å². The van der Waals surface area contributed by atoms with Crippen LogP contribution < -0.4 is 10.6 Å². The monoisotopic (exact) mass is 292 g/mol. The zero-order valence-corrected chi connectivity index (χ0v) is 12.8. The van der Waals surface area contributed by atoms with E-state index in [4.69, 9.17) is 6.42 Å². The molecule has 2 aliphatic heterocycles. The number of likely N-dealkylation sites (tertiary alicyclic amines) is 1. The van der Waals surface area contributed by atoms with Crippen molar-refractivity contribution in [2.75, 3.05) is 33.7 Å². The molecule has 0 aromatic carbocycles. The number of fused-ring (bicyclic) bond motifs is 1. The van der Waals surface area contributed by atoms with Gasteiger partial charge in [-0.25, -0.2) is 0 Å². The summed E-state index contributed by atoms with van der Waals surface area (Å²) in [6, 6.07) is 0.346. The quantitative estimate of drug-likeness (QED) is 0.654. The van der Waals surface area contributed by atoms with Crippen LogP contribution in [0.4, 0.5) is 0 Å². The van der Waals surface area contributed by atoms with Gasteiger partial charge in [0.2, 0.25) is 11.8 Å². The van der Waals surface area contributed by atoms with E-state index in [2.05, 4.69) is 33.4 Å². The Bertz CT molecular complexity index is 445. The number of nitrogens with zero attached hydrogens (tertiary/aromatic N) is 2. The zero-order chi connectivity index (χ0) is 15.4. The molecule has 2 saturated heterocycles. The van der Waals surface area contributed by atoms with Crippen LogP contribution in [-0.2, 0) is 9.59 Å². The largest absolute Gasteiger partial charge is 0.353 e. The van der Waals surface area contributed by atoms with Gasteiger partial charge in [0.25, 0.3) is 0 Å². The lowest BCUT2D eigenvalue weighted by Gasteiger charge is -2.32. The van der Waals surface area contributed by atoms with E-state index in [1.807, 2.05) is 7.05 Å². The summed E-state index contributed by atoms with van der Waals surface area (Å²) in [7, 11) is 4.05. The van der Waals surface area contributed by atoms with Crippen molar-refractivity contribution < 1.29 is 9.59 Å². The molecule has 21 heavy (non-hydrogen) atoms. The molecule has 2 N–H and O–H groups in total. The van der Waals surface area contributed by atoms with Crippen molar-refractivity contribution in [1.82, 2.24) is 20.4 Å². The number of nitrogens with one attached hydrogen (secondary N) is 2. The van der Waals surface area contributed by atoms with E-state index in [1.165, 1.54) is 0 Å². The van der Waals surface area contributed by atoms with Crippen molar-refractivity contribution in [2.24, 2.45) is 0 Å². The van der Waals surface area contributed by atoms with E-state index in [0.717, 1.165) is 19.4 Å². The zero-order valence-electron chi connectivity index (χ0n) is 12.8. The number of amides is 2. The van der Waals surface area contributed by atoms with Crippen LogP contribution >= 0.6 is 0 Å². The summed E-state index contributed by atoms with van der Waals surface area (Å²) < 4.78 is 0. The topological polar surface area (TPSA) is 64.7 Å². The molecule has 0 aromatic heterocycles. The van der Waals surface area contributed by atoms with E-state index in [9.17, 15) is 9.59 Å². The fourth-order valence-corrected chi connectivity index (χ4v) is 3.31. The Morgan fingerprint density at radius 1 is 1.52 bits per heavy atom. The fraction of sp³-hybridized carbons (Fsp3) is 0.733. The van der Waals surface area contributed by atoms with E-state index in [1.54, 1.807) is 0 Å². The number of hydrogen-bond donors (Lipinski definition) is 2. The van der Waals surface area contributed by atoms with Crippen molar-refractivity contribution in [3.8, 4) is 12.3 Å². The lowest BCUT2D eigenvalue weighted by atomic mass is 10.0. The summed E-state index contributed by atoms with van der Waals surface area (Å²) in [5.74, 6) is 2.46. The maximum atomic E-state index is 12.2. The number of rotatable bonds is 4. The van der Waals surface area contributed by atoms with Gasteiger partial charge >= 0.3 is 0 Å². The Hall–Kier alpha value is -1.58. The minimum absolute atomic E-state index is 0.0305. The first-order valence-electron chi connectivity index (χ1n) is 7.44. The standard InChI is InChI=1S/C15H24N4O2/c1-4-8-16-13(20)6-5-11-10-17-15(21)14-12(19(11)3)7-9-18(14)2/h1,11-12,14H,5-10H2,2-3H3,(H,16,20)(H,17,21). The van der Waals surface area contributed by atoms with Gasteiger partial charge in [0.15, 0.2) is 0 Å². The van der Waals surface area contributed by atoms with Gasteiger partial charge in [-0.3, -0.25) is 19.4 Å². The summed E-state index contributed by atoms with van der Waals surface area (Å²) in [5, 5.41) is 5.68. The Labute approximate surface area is 126 Å². The predicted octanol–water partition coefficient (Wildman–Crippen LogP) is -0.981. The fourth-order valence-electron chi connectivity index (χ4n) is 3.31. The average Bonchev–Trinajstić information content (AvgIpc) is 2.80. The molecule has 3 atom stereocenters. The number of hydrogen-bond acceptors (Lipinski definition) is 4. The molecule has 6 nitrogen and oxygen atoms in total. The molecule has 0 aliphatic carbocycles. The predicted molar refractivity (Wildman–Crippen MR) is 80.5 cm³/mol. The maximum Gasteiger partial charge on any atom is 0.239 e. The third-order valence-corrected chi connectivity index (χ3v) is 4.59. The van der Waals surface area contributed by atoms with Gasteiger partial charge in [0.1, 0.15) is 6.04 Å². The molecule has 0 saturated carbocycles. The summed E-state index contributed by atoms with van der Waals surface area (Å²) in [6.45, 7) is 1.80. The molecule has 2 amide bonds. The lowest BCUT2D eigenvalue weighted by molar-refractivity contribution is -0.125. The SMILES string of the molecule is C#CCNC(=O)CCC1CNC(=O)C2C(CCN2C)N1C. The summed E-state index contributed by atoms with van der Waals surface area (Å²) in [6.07, 6.45) is 7.26. The van der Waals surface area contributed by atoms with Crippen molar-refractivity contribution >= 4 is 11.8 Å². The van der Waals surface area contributed by atoms with Crippen LogP contribution in [0.1, 0.15) is 19.3 Å². The van der Waals surface area contributed by atoms with Crippen molar-refractivity contribution in [3.63, 3.8) is 0 Å². The third kappa shape index (κ3) is 3.55. The van der Waals surface area contributed by atoms with Crippen LogP contribution in [0, 0.1) is 12.3 Å². The second kappa shape index (κ2) is 6.92. The van der Waals surface area contributed by atoms with Crippen LogP contribution in [-0.4, -0.2) is 73.5 Å². The normalized spacial score (nSPS) is 30.1. The molecule has 0 radical (unpaired) electrons. The highest BCUT2D eigenvalue weighted by Gasteiger charge is 2.43. The van der Waals surface area contributed by atoms with Gasteiger partial charge < -0.3 is 10.6 Å². The van der Waals surface area contributed by atoms with Crippen molar-refractivity contribution in [1.29, 1.82) is 0 Å². The van der Waals surface area contributed by atoms with Crippen LogP contribution in [0.3, 0.4) is 0 Å². The summed E-state index contributed by atoms with van der Waals surface area (Å²) in [4.78, 5) is 28.2. The van der Waals surface area contributed by atoms with E-state index in [0.29, 0.717) is 13.0 Å². The average molecular weight is 292 g/mol. The molecule has 2 rings (SSSR count). The first-order valence-corrected chi connectivity index (χ1v) is 7.44. The minimum Gasteiger partial charge on any atom is -0.353 e. The summed E-state index contributed by atoms with van der Waals surface area (Å²) >= 11 is 0. The first kappa shape index (κ1) is 15.8. The van der Waals surface area contributed by atoms with Crippen LogP contribution in [0.15, 0.2) is 0 Å². The minimum atomic E-state index is -0.0738. The second-order valence-electron chi connectivity index (χ2n) is 5.87. The van der Waals surface area contributed by atoms with E-state index in [-0.39, 0.29) is 36.5 Å². The number of carbonyl (C=O) groups excluding carboxylic acids is 2. The van der Waals surface area contributed by atoms with Gasteiger partial charge in [0, 0.05) is 31.6 Å². The molecule has 0 bridgehead atoms. The third-order valence-electron chi connectivity index (χ3n) is 4.59. The molecule has 0 aromatic rings. The number of terminal acetylenes is 1. The Balaban J connectivity index is 1.94. The molecular formula is C15H24N4O2. The van der Waals surface area contributed by atoms with Gasteiger partial charge in [-0.1, -0.05) is 5.92 Å². The smallest absolute Gasteiger partial charge is 0.239 e. The highest BCUT2D eigenvalue weighted by atomic mass is 16.2. The van der Waals surface area contributed by atoms with E-state index < -0.39 is 0 Å². The number of carbonyl (C=O) groups is 2. The summed E-state index contributed by atoms with van der Waals surface area (Å²) in [5.41, 5.74) is 0. The van der Waals surface area contributed by atoms with Crippen molar-refractivity contribution in [2.45, 2.75) is 37.4 Å². The van der Waals surface area contributed by atoms with Crippen LogP contribution in [0.25, 0.3) is 0 Å². The van der Waals surface area contributed by atoms with Gasteiger partial charge in [-0.2, -0.15) is 0 Å². The second-order valence-corrected chi connectivity index (χ2v) is 5.87. The molecule has 6 heteroatoms. The van der Waals surface area contributed by atoms with Gasteiger partial charge in [-0.15, -0.1) is 6.42 Å². The molecule has 2 heterocycles. The van der Waals surface area contributed by atoms with Crippen molar-refractivity contribution in [3.05, 3.63) is 0 Å². The molecule has 2 aliphatic rings. The molecule has 3 unspecified atom stereocenters. The first-order chi connectivity index (χ1) is 10.0. The lowest BCUT2D eigenvalue weighted by Crippen LogP contribution is -2.48. The molecule has 116 valence electrons. The molecule has 2 fully saturated rings. The van der Waals surface area contributed by atoms with Crippen LogP contribution in [0.5, 0.6) is 0 Å². The van der Waals surface area contributed by atoms with Crippen LogP contribution in [0.2, 0.25) is 0 Å². The number of likely N-dealkylation sites (N-methyl/N-ethyl adjacent to an activating group) is 2. The maximum absolute atomic E-state index is 12.2. The highest BCUT2D eigenvalue weighted by Crippen LogP contribution is 2.25. The highest BCUT2D eigenvalue weighted by molar-refractivity contribution is 5.83. The van der Waals surface area contributed by atoms with Gasteiger partial charge in [0.05, 0.1) is 6.54 Å². The molecular weight excluding hydrogens is 268 g/mol.